The maximum absolute atomic E-state index is 12.3. The van der Waals surface area contributed by atoms with Gasteiger partial charge in [-0.15, -0.1) is 0 Å². The molecule has 0 fully saturated rings. The van der Waals surface area contributed by atoms with Crippen LogP contribution in [-0.2, 0) is 14.3 Å². The Morgan fingerprint density at radius 2 is 2.05 bits per heavy atom. The number of H-pyrrole nitrogens is 1. The van der Waals surface area contributed by atoms with Crippen molar-refractivity contribution in [2.45, 2.75) is 20.0 Å². The smallest absolute Gasteiger partial charge is 0.332 e. The Kier molecular flexibility index (Phi) is 4.53. The average Bonchev–Trinajstić information content (AvgIpc) is 2.88. The first-order valence-electron chi connectivity index (χ1n) is 6.51. The number of para-hydroxylation sites is 1. The molecule has 2 rings (SSSR count). The molecule has 0 saturated carbocycles. The summed E-state index contributed by atoms with van der Waals surface area (Å²) in [4.78, 5) is 26.8. The zero-order chi connectivity index (χ0) is 14.5. The summed E-state index contributed by atoms with van der Waals surface area (Å²) in [6, 6.07) is 7.49. The van der Waals surface area contributed by atoms with E-state index in [-0.39, 0.29) is 12.4 Å². The molecule has 1 N–H and O–H groups in total. The normalized spacial score (nSPS) is 12.3. The van der Waals surface area contributed by atoms with E-state index in [4.69, 9.17) is 9.47 Å². The summed E-state index contributed by atoms with van der Waals surface area (Å²) in [5.74, 6) is -0.764. The van der Waals surface area contributed by atoms with Gasteiger partial charge in [0.15, 0.2) is 6.10 Å². The summed E-state index contributed by atoms with van der Waals surface area (Å²) >= 11 is 0. The Hall–Kier alpha value is -2.14. The van der Waals surface area contributed by atoms with Gasteiger partial charge in [-0.3, -0.25) is 4.79 Å². The predicted molar refractivity (Wildman–Crippen MR) is 74.7 cm³/mol. The minimum absolute atomic E-state index is 0.137. The van der Waals surface area contributed by atoms with Crippen molar-refractivity contribution >= 4 is 22.7 Å². The van der Waals surface area contributed by atoms with E-state index in [9.17, 15) is 9.59 Å². The molecule has 5 nitrogen and oxygen atoms in total. The molecule has 1 heterocycles. The van der Waals surface area contributed by atoms with E-state index in [1.807, 2.05) is 24.3 Å². The number of nitrogens with one attached hydrogen (secondary N) is 1. The lowest BCUT2D eigenvalue weighted by Gasteiger charge is -2.11. The van der Waals surface area contributed by atoms with Crippen LogP contribution in [0.1, 0.15) is 24.2 Å². The van der Waals surface area contributed by atoms with E-state index in [0.29, 0.717) is 12.2 Å². The van der Waals surface area contributed by atoms with Crippen molar-refractivity contribution < 1.29 is 19.1 Å². The molecule has 1 aromatic heterocycles. The van der Waals surface area contributed by atoms with Gasteiger partial charge in [0, 0.05) is 29.3 Å². The summed E-state index contributed by atoms with van der Waals surface area (Å²) in [6.07, 6.45) is 0.807. The molecule has 1 aromatic carbocycles. The fourth-order valence-electron chi connectivity index (χ4n) is 1.96. The summed E-state index contributed by atoms with van der Waals surface area (Å²) in [5, 5.41) is 0.824. The largest absolute Gasteiger partial charge is 0.453 e. The molecule has 0 saturated heterocycles. The molecule has 106 valence electrons. The van der Waals surface area contributed by atoms with Crippen LogP contribution in [0, 0.1) is 0 Å². The van der Waals surface area contributed by atoms with Crippen LogP contribution in [0.5, 0.6) is 0 Å². The Morgan fingerprint density at radius 3 is 2.80 bits per heavy atom. The monoisotopic (exact) mass is 275 g/mol. The molecule has 0 aliphatic rings. The third-order valence-corrected chi connectivity index (χ3v) is 2.96. The lowest BCUT2D eigenvalue weighted by Crippen LogP contribution is -2.26. The van der Waals surface area contributed by atoms with Gasteiger partial charge in [-0.1, -0.05) is 18.2 Å². The van der Waals surface area contributed by atoms with Gasteiger partial charge < -0.3 is 14.5 Å². The van der Waals surface area contributed by atoms with Crippen LogP contribution < -0.4 is 0 Å². The molecule has 0 unspecified atom stereocenters. The molecule has 0 spiro atoms. The molecule has 5 heteroatoms. The van der Waals surface area contributed by atoms with Crippen molar-refractivity contribution in [3.05, 3.63) is 36.0 Å². The highest BCUT2D eigenvalue weighted by Crippen LogP contribution is 2.19. The summed E-state index contributed by atoms with van der Waals surface area (Å²) in [6.45, 7) is 3.64. The molecule has 0 aliphatic heterocycles. The van der Waals surface area contributed by atoms with Gasteiger partial charge in [0.1, 0.15) is 6.61 Å². The number of rotatable bonds is 6. The number of aromatic amines is 1. The topological polar surface area (TPSA) is 68.4 Å². The molecule has 1 atom stereocenters. The van der Waals surface area contributed by atoms with E-state index < -0.39 is 12.1 Å². The minimum Gasteiger partial charge on any atom is -0.453 e. The number of benzene rings is 1. The number of ether oxygens (including phenoxy) is 2. The van der Waals surface area contributed by atoms with E-state index in [1.54, 1.807) is 20.0 Å². The Labute approximate surface area is 116 Å². The second-order valence-corrected chi connectivity index (χ2v) is 4.38. The van der Waals surface area contributed by atoms with Crippen molar-refractivity contribution in [3.63, 3.8) is 0 Å². The number of carbonyl (C=O) groups excluding carboxylic acids is 2. The number of hydrogen-bond acceptors (Lipinski definition) is 4. The molecule has 0 amide bonds. The van der Waals surface area contributed by atoms with Crippen molar-refractivity contribution in [2.75, 3.05) is 13.2 Å². The maximum atomic E-state index is 12.3. The van der Waals surface area contributed by atoms with Crippen molar-refractivity contribution in [1.29, 1.82) is 0 Å². The van der Waals surface area contributed by atoms with Gasteiger partial charge in [-0.2, -0.15) is 0 Å². The highest BCUT2D eigenvalue weighted by molar-refractivity contribution is 6.10. The van der Waals surface area contributed by atoms with E-state index >= 15 is 0 Å². The van der Waals surface area contributed by atoms with Crippen LogP contribution in [0.3, 0.4) is 0 Å². The maximum Gasteiger partial charge on any atom is 0.332 e. The van der Waals surface area contributed by atoms with Gasteiger partial charge >= 0.3 is 5.97 Å². The molecule has 0 aliphatic carbocycles. The van der Waals surface area contributed by atoms with E-state index in [2.05, 4.69) is 4.98 Å². The number of ketones is 1. The van der Waals surface area contributed by atoms with Crippen LogP contribution in [-0.4, -0.2) is 36.1 Å². The highest BCUT2D eigenvalue weighted by Gasteiger charge is 2.22. The van der Waals surface area contributed by atoms with Crippen LogP contribution in [0.2, 0.25) is 0 Å². The highest BCUT2D eigenvalue weighted by atomic mass is 16.6. The summed E-state index contributed by atoms with van der Waals surface area (Å²) < 4.78 is 10.0. The Bertz CT molecular complexity index is 617. The number of fused-ring (bicyclic) bond motifs is 1. The fraction of sp³-hybridized carbons (Fsp3) is 0.333. The zero-order valence-corrected chi connectivity index (χ0v) is 11.5. The number of hydrogen-bond donors (Lipinski definition) is 1. The average molecular weight is 275 g/mol. The number of Topliss-reactive ketones (excluding diaryl/α,β-unsaturated/α-hetero) is 1. The van der Waals surface area contributed by atoms with E-state index in [1.165, 1.54) is 0 Å². The van der Waals surface area contributed by atoms with Gasteiger partial charge in [0.2, 0.25) is 5.78 Å². The summed E-state index contributed by atoms with van der Waals surface area (Å²) in [5.41, 5.74) is 1.40. The second-order valence-electron chi connectivity index (χ2n) is 4.38. The Balaban J connectivity index is 2.09. The Morgan fingerprint density at radius 1 is 1.30 bits per heavy atom. The van der Waals surface area contributed by atoms with Crippen molar-refractivity contribution in [2.24, 2.45) is 0 Å². The van der Waals surface area contributed by atoms with Crippen LogP contribution in [0.25, 0.3) is 10.9 Å². The van der Waals surface area contributed by atoms with Gasteiger partial charge in [0.05, 0.1) is 0 Å². The number of esters is 1. The molecule has 2 aromatic rings. The third kappa shape index (κ3) is 3.05. The minimum atomic E-state index is -0.831. The fourth-order valence-corrected chi connectivity index (χ4v) is 1.96. The molecular formula is C15H17NO4. The quantitative estimate of drug-likeness (QED) is 0.649. The first kappa shape index (κ1) is 14.3. The van der Waals surface area contributed by atoms with Crippen molar-refractivity contribution in [1.82, 2.24) is 4.98 Å². The molecule has 0 bridgehead atoms. The third-order valence-electron chi connectivity index (χ3n) is 2.96. The van der Waals surface area contributed by atoms with Crippen LogP contribution in [0.15, 0.2) is 30.5 Å². The van der Waals surface area contributed by atoms with Crippen LogP contribution in [0.4, 0.5) is 0 Å². The number of aromatic nitrogens is 1. The summed E-state index contributed by atoms with van der Waals surface area (Å²) in [7, 11) is 0. The molecule has 0 radical (unpaired) electrons. The molecule has 20 heavy (non-hydrogen) atoms. The van der Waals surface area contributed by atoms with Gasteiger partial charge in [-0.25, -0.2) is 4.79 Å². The first-order chi connectivity index (χ1) is 9.63. The van der Waals surface area contributed by atoms with Crippen molar-refractivity contribution in [3.8, 4) is 0 Å². The first-order valence-corrected chi connectivity index (χ1v) is 6.51. The predicted octanol–water partition coefficient (Wildman–Crippen LogP) is 2.32. The van der Waals surface area contributed by atoms with Gasteiger partial charge in [-0.05, 0) is 19.9 Å². The molecular weight excluding hydrogens is 258 g/mol. The van der Waals surface area contributed by atoms with Gasteiger partial charge in [0.25, 0.3) is 0 Å². The van der Waals surface area contributed by atoms with Crippen LogP contribution >= 0.6 is 0 Å². The SMILES string of the molecule is CCOCC(=O)O[C@@H](C)C(=O)c1c[nH]c2ccccc12. The lowest BCUT2D eigenvalue weighted by atomic mass is 10.1. The lowest BCUT2D eigenvalue weighted by molar-refractivity contribution is -0.151. The zero-order valence-electron chi connectivity index (χ0n) is 11.5. The van der Waals surface area contributed by atoms with E-state index in [0.717, 1.165) is 10.9 Å². The standard InChI is InChI=1S/C15H17NO4/c1-3-19-9-14(17)20-10(2)15(18)12-8-16-13-7-5-4-6-11(12)13/h4-8,10,16H,3,9H2,1-2H3/t10-/m0/s1. The number of carbonyl (C=O) groups is 2. The second kappa shape index (κ2) is 6.34.